The highest BCUT2D eigenvalue weighted by Crippen LogP contribution is 2.51. The fourth-order valence-corrected chi connectivity index (χ4v) is 5.03. The number of hydrogen-bond acceptors (Lipinski definition) is 4. The third-order valence-corrected chi connectivity index (χ3v) is 6.99. The second-order valence-electron chi connectivity index (χ2n) is 7.68. The molecule has 2 atom stereocenters. The SMILES string of the molecule is CCNC(=NCC1(Sc2ccccc2)CC1)N1CCOC(C2CCCO2)C1. The molecule has 2 heterocycles. The minimum atomic E-state index is 0.165. The Kier molecular flexibility index (Phi) is 6.25. The van der Waals surface area contributed by atoms with Crippen molar-refractivity contribution >= 4 is 17.7 Å². The van der Waals surface area contributed by atoms with E-state index >= 15 is 0 Å². The van der Waals surface area contributed by atoms with Gasteiger partial charge in [0.25, 0.3) is 0 Å². The van der Waals surface area contributed by atoms with Gasteiger partial charge in [0.1, 0.15) is 6.10 Å². The van der Waals surface area contributed by atoms with Crippen LogP contribution in [0.5, 0.6) is 0 Å². The van der Waals surface area contributed by atoms with Crippen molar-refractivity contribution in [2.75, 3.05) is 39.4 Å². The maximum absolute atomic E-state index is 6.00. The van der Waals surface area contributed by atoms with Gasteiger partial charge in [0.05, 0.1) is 19.3 Å². The second-order valence-corrected chi connectivity index (χ2v) is 9.22. The lowest BCUT2D eigenvalue weighted by molar-refractivity contribution is -0.0817. The zero-order chi connectivity index (χ0) is 18.5. The zero-order valence-electron chi connectivity index (χ0n) is 16.2. The summed E-state index contributed by atoms with van der Waals surface area (Å²) in [4.78, 5) is 8.75. The summed E-state index contributed by atoms with van der Waals surface area (Å²) in [5.41, 5.74) is 0. The second kappa shape index (κ2) is 8.84. The van der Waals surface area contributed by atoms with Crippen molar-refractivity contribution in [1.82, 2.24) is 10.2 Å². The average Bonchev–Trinajstić information content (AvgIpc) is 3.24. The molecule has 1 saturated carbocycles. The highest BCUT2D eigenvalue weighted by atomic mass is 32.2. The topological polar surface area (TPSA) is 46.1 Å². The molecular weight excluding hydrogens is 358 g/mol. The van der Waals surface area contributed by atoms with Crippen LogP contribution in [0.1, 0.15) is 32.6 Å². The van der Waals surface area contributed by atoms with Gasteiger partial charge in [-0.15, -0.1) is 11.8 Å². The van der Waals surface area contributed by atoms with Crippen molar-refractivity contribution < 1.29 is 9.47 Å². The molecule has 0 radical (unpaired) electrons. The minimum Gasteiger partial charge on any atom is -0.375 e. The van der Waals surface area contributed by atoms with Crippen LogP contribution in [0.2, 0.25) is 0 Å². The molecule has 2 unspecified atom stereocenters. The Balaban J connectivity index is 1.39. The van der Waals surface area contributed by atoms with Crippen molar-refractivity contribution in [3.8, 4) is 0 Å². The minimum absolute atomic E-state index is 0.165. The van der Waals surface area contributed by atoms with Crippen LogP contribution in [0.25, 0.3) is 0 Å². The van der Waals surface area contributed by atoms with Gasteiger partial charge in [-0.2, -0.15) is 0 Å². The van der Waals surface area contributed by atoms with Gasteiger partial charge in [-0.25, -0.2) is 0 Å². The maximum atomic E-state index is 6.00. The zero-order valence-corrected chi connectivity index (χ0v) is 17.0. The summed E-state index contributed by atoms with van der Waals surface area (Å²) in [5.74, 6) is 1.03. The van der Waals surface area contributed by atoms with Gasteiger partial charge in [-0.05, 0) is 44.7 Å². The number of benzene rings is 1. The van der Waals surface area contributed by atoms with E-state index in [0.717, 1.165) is 58.2 Å². The third-order valence-electron chi connectivity index (χ3n) is 5.51. The molecule has 5 nitrogen and oxygen atoms in total. The third kappa shape index (κ3) is 4.98. The molecule has 0 bridgehead atoms. The van der Waals surface area contributed by atoms with Crippen LogP contribution in [-0.2, 0) is 9.47 Å². The Hall–Kier alpha value is -1.24. The Morgan fingerprint density at radius 3 is 2.74 bits per heavy atom. The molecular formula is C21H31N3O2S. The van der Waals surface area contributed by atoms with E-state index in [1.54, 1.807) is 0 Å². The highest BCUT2D eigenvalue weighted by molar-refractivity contribution is 8.01. The Labute approximate surface area is 166 Å². The molecule has 0 aromatic heterocycles. The lowest BCUT2D eigenvalue weighted by atomic mass is 10.1. The molecule has 2 saturated heterocycles. The normalized spacial score (nSPS) is 27.6. The van der Waals surface area contributed by atoms with Crippen LogP contribution in [0.4, 0.5) is 0 Å². The van der Waals surface area contributed by atoms with Crippen LogP contribution in [0.15, 0.2) is 40.2 Å². The summed E-state index contributed by atoms with van der Waals surface area (Å²) in [6, 6.07) is 10.7. The predicted octanol–water partition coefficient (Wildman–Crippen LogP) is 3.16. The Morgan fingerprint density at radius 2 is 2.04 bits per heavy atom. The molecule has 1 aliphatic carbocycles. The first-order valence-electron chi connectivity index (χ1n) is 10.3. The number of thioether (sulfide) groups is 1. The van der Waals surface area contributed by atoms with E-state index in [9.17, 15) is 0 Å². The smallest absolute Gasteiger partial charge is 0.194 e. The highest BCUT2D eigenvalue weighted by Gasteiger charge is 2.44. The van der Waals surface area contributed by atoms with Crippen LogP contribution < -0.4 is 5.32 Å². The van der Waals surface area contributed by atoms with Crippen molar-refractivity contribution in [3.05, 3.63) is 30.3 Å². The van der Waals surface area contributed by atoms with Crippen molar-refractivity contribution in [1.29, 1.82) is 0 Å². The van der Waals surface area contributed by atoms with Crippen LogP contribution >= 0.6 is 11.8 Å². The maximum Gasteiger partial charge on any atom is 0.194 e. The standard InChI is InChI=1S/C21H31N3O2S/c1-2-22-20(24-12-14-26-19(15-24)18-9-6-13-25-18)23-16-21(10-11-21)27-17-7-4-3-5-8-17/h3-5,7-8,18-19H,2,6,9-16H2,1H3,(H,22,23). The molecule has 1 aromatic rings. The molecule has 27 heavy (non-hydrogen) atoms. The van der Waals surface area contributed by atoms with E-state index in [1.165, 1.54) is 17.7 Å². The molecule has 3 aliphatic rings. The number of hydrogen-bond donors (Lipinski definition) is 1. The van der Waals surface area contributed by atoms with Crippen molar-refractivity contribution in [2.24, 2.45) is 4.99 Å². The predicted molar refractivity (Wildman–Crippen MR) is 111 cm³/mol. The molecule has 0 spiro atoms. The van der Waals surface area contributed by atoms with E-state index in [2.05, 4.69) is 47.5 Å². The fraction of sp³-hybridized carbons (Fsp3) is 0.667. The van der Waals surface area contributed by atoms with Crippen molar-refractivity contribution in [2.45, 2.75) is 54.5 Å². The molecule has 1 N–H and O–H groups in total. The largest absolute Gasteiger partial charge is 0.375 e. The van der Waals surface area contributed by atoms with E-state index in [1.807, 2.05) is 11.8 Å². The van der Waals surface area contributed by atoms with E-state index < -0.39 is 0 Å². The van der Waals surface area contributed by atoms with Gasteiger partial charge < -0.3 is 19.7 Å². The van der Waals surface area contributed by atoms with E-state index in [-0.39, 0.29) is 17.0 Å². The quantitative estimate of drug-likeness (QED) is 0.598. The molecule has 3 fully saturated rings. The van der Waals surface area contributed by atoms with Crippen LogP contribution in [0, 0.1) is 0 Å². The summed E-state index contributed by atoms with van der Waals surface area (Å²) < 4.78 is 12.1. The Morgan fingerprint density at radius 1 is 1.22 bits per heavy atom. The Bertz CT molecular complexity index is 630. The summed E-state index contributed by atoms with van der Waals surface area (Å²) in [5, 5.41) is 3.50. The van der Waals surface area contributed by atoms with Gasteiger partial charge in [-0.3, -0.25) is 4.99 Å². The van der Waals surface area contributed by atoms with E-state index in [0.29, 0.717) is 0 Å². The van der Waals surface area contributed by atoms with Gasteiger partial charge in [0.2, 0.25) is 0 Å². The molecule has 0 amide bonds. The van der Waals surface area contributed by atoms with Crippen LogP contribution in [0.3, 0.4) is 0 Å². The van der Waals surface area contributed by atoms with Gasteiger partial charge in [-0.1, -0.05) is 18.2 Å². The number of nitrogens with zero attached hydrogens (tertiary/aromatic N) is 2. The molecule has 1 aromatic carbocycles. The number of guanidine groups is 1. The average molecular weight is 390 g/mol. The van der Waals surface area contributed by atoms with Crippen LogP contribution in [-0.4, -0.2) is 67.2 Å². The molecule has 2 aliphatic heterocycles. The fourth-order valence-electron chi connectivity index (χ4n) is 3.80. The first kappa shape index (κ1) is 19.1. The molecule has 4 rings (SSSR count). The molecule has 148 valence electrons. The van der Waals surface area contributed by atoms with Gasteiger partial charge in [0.15, 0.2) is 5.96 Å². The monoisotopic (exact) mass is 389 g/mol. The first-order valence-corrected chi connectivity index (χ1v) is 11.1. The summed E-state index contributed by atoms with van der Waals surface area (Å²) >= 11 is 1.99. The summed E-state index contributed by atoms with van der Waals surface area (Å²) in [6.07, 6.45) is 5.17. The molecule has 6 heteroatoms. The number of nitrogens with one attached hydrogen (secondary N) is 1. The van der Waals surface area contributed by atoms with Crippen molar-refractivity contribution in [3.63, 3.8) is 0 Å². The van der Waals surface area contributed by atoms with E-state index in [4.69, 9.17) is 14.5 Å². The summed E-state index contributed by atoms with van der Waals surface area (Å²) in [7, 11) is 0. The lowest BCUT2D eigenvalue weighted by Crippen LogP contribution is -2.53. The lowest BCUT2D eigenvalue weighted by Gasteiger charge is -2.37. The van der Waals surface area contributed by atoms with Gasteiger partial charge in [0, 0.05) is 35.9 Å². The number of aliphatic imine (C=N–C) groups is 1. The number of ether oxygens (including phenoxy) is 2. The van der Waals surface area contributed by atoms with Gasteiger partial charge >= 0.3 is 0 Å². The number of morpholine rings is 1. The summed E-state index contributed by atoms with van der Waals surface area (Å²) in [6.45, 7) is 7.29. The first-order chi connectivity index (χ1) is 13.3. The number of rotatable bonds is 6.